The Balaban J connectivity index is 2.40. The lowest BCUT2D eigenvalue weighted by molar-refractivity contribution is -0.178. The van der Waals surface area contributed by atoms with Crippen molar-refractivity contribution in [1.29, 1.82) is 0 Å². The molecule has 0 atom stereocenters. The fourth-order valence-electron chi connectivity index (χ4n) is 2.01. The van der Waals surface area contributed by atoms with Crippen LogP contribution in [0.5, 0.6) is 0 Å². The van der Waals surface area contributed by atoms with Crippen LogP contribution in [-0.2, 0) is 14.3 Å². The van der Waals surface area contributed by atoms with Gasteiger partial charge in [0.15, 0.2) is 11.6 Å². The van der Waals surface area contributed by atoms with Crippen molar-refractivity contribution < 1.29 is 19.4 Å². The summed E-state index contributed by atoms with van der Waals surface area (Å²) in [6.07, 6.45) is 3.23. The van der Waals surface area contributed by atoms with Crippen molar-refractivity contribution in [3.05, 3.63) is 53.6 Å². The molecule has 19 heavy (non-hydrogen) atoms. The summed E-state index contributed by atoms with van der Waals surface area (Å²) in [6, 6.07) is 8.95. The van der Waals surface area contributed by atoms with E-state index < -0.39 is 5.79 Å². The maximum Gasteiger partial charge on any atom is 0.194 e. The van der Waals surface area contributed by atoms with Crippen molar-refractivity contribution in [1.82, 2.24) is 0 Å². The number of hydrogen-bond acceptors (Lipinski definition) is 4. The highest BCUT2D eigenvalue weighted by molar-refractivity contribution is 6.05. The molecular formula is C15H16O4. The molecule has 0 aromatic heterocycles. The molecule has 0 aliphatic heterocycles. The van der Waals surface area contributed by atoms with E-state index in [1.165, 1.54) is 14.2 Å². The third-order valence-electron chi connectivity index (χ3n) is 3.20. The van der Waals surface area contributed by atoms with Crippen molar-refractivity contribution in [2.75, 3.05) is 14.2 Å². The second-order valence-corrected chi connectivity index (χ2v) is 4.28. The minimum atomic E-state index is -1.03. The number of Topliss-reactive ketones (excluding diaryl/α,β-unsaturated/α-hetero) is 1. The molecule has 1 N–H and O–H groups in total. The van der Waals surface area contributed by atoms with Gasteiger partial charge in [0.25, 0.3) is 0 Å². The van der Waals surface area contributed by atoms with Crippen LogP contribution in [-0.4, -0.2) is 30.9 Å². The minimum absolute atomic E-state index is 0.0253. The van der Waals surface area contributed by atoms with Gasteiger partial charge in [0.1, 0.15) is 5.76 Å². The van der Waals surface area contributed by atoms with Crippen molar-refractivity contribution in [3.63, 3.8) is 0 Å². The maximum atomic E-state index is 12.1. The Labute approximate surface area is 112 Å². The highest BCUT2D eigenvalue weighted by Crippen LogP contribution is 2.29. The molecule has 0 fully saturated rings. The van der Waals surface area contributed by atoms with E-state index in [-0.39, 0.29) is 23.5 Å². The van der Waals surface area contributed by atoms with E-state index in [4.69, 9.17) is 9.47 Å². The second-order valence-electron chi connectivity index (χ2n) is 4.28. The van der Waals surface area contributed by atoms with Gasteiger partial charge in [0.2, 0.25) is 0 Å². The van der Waals surface area contributed by atoms with E-state index in [0.717, 1.165) is 0 Å². The van der Waals surface area contributed by atoms with Crippen LogP contribution in [0.4, 0.5) is 0 Å². The Kier molecular flexibility index (Phi) is 3.83. The summed E-state index contributed by atoms with van der Waals surface area (Å²) < 4.78 is 10.4. The largest absolute Gasteiger partial charge is 0.507 e. The van der Waals surface area contributed by atoms with E-state index in [1.807, 2.05) is 6.07 Å². The number of carbonyl (C=O) groups excluding carboxylic acids is 1. The summed E-state index contributed by atoms with van der Waals surface area (Å²) in [4.78, 5) is 12.1. The van der Waals surface area contributed by atoms with Crippen LogP contribution in [0.25, 0.3) is 5.76 Å². The van der Waals surface area contributed by atoms with E-state index in [2.05, 4.69) is 0 Å². The number of carbonyl (C=O) groups is 1. The lowest BCUT2D eigenvalue weighted by atomic mass is 9.93. The van der Waals surface area contributed by atoms with Gasteiger partial charge in [-0.25, -0.2) is 0 Å². The molecule has 1 aromatic carbocycles. The van der Waals surface area contributed by atoms with Gasteiger partial charge >= 0.3 is 0 Å². The lowest BCUT2D eigenvalue weighted by Crippen LogP contribution is -2.37. The van der Waals surface area contributed by atoms with E-state index >= 15 is 0 Å². The topological polar surface area (TPSA) is 55.8 Å². The third-order valence-corrected chi connectivity index (χ3v) is 3.20. The molecule has 4 nitrogen and oxygen atoms in total. The Morgan fingerprint density at radius 3 is 2.37 bits per heavy atom. The fraction of sp³-hybridized carbons (Fsp3) is 0.267. The Morgan fingerprint density at radius 2 is 1.84 bits per heavy atom. The summed E-state index contributed by atoms with van der Waals surface area (Å²) in [7, 11) is 2.96. The minimum Gasteiger partial charge on any atom is -0.507 e. The molecule has 2 rings (SSSR count). The molecule has 1 aliphatic carbocycles. The number of hydrogen-bond donors (Lipinski definition) is 1. The number of methoxy groups -OCH3 is 2. The first kappa shape index (κ1) is 13.5. The molecule has 1 aliphatic rings. The highest BCUT2D eigenvalue weighted by Gasteiger charge is 2.35. The van der Waals surface area contributed by atoms with Crippen LogP contribution < -0.4 is 0 Å². The molecular weight excluding hydrogens is 244 g/mol. The molecule has 0 bridgehead atoms. The van der Waals surface area contributed by atoms with Crippen molar-refractivity contribution in [2.45, 2.75) is 12.2 Å². The quantitative estimate of drug-likeness (QED) is 0.515. The smallest absolute Gasteiger partial charge is 0.194 e. The third kappa shape index (κ3) is 2.59. The standard InChI is InChI=1S/C15H16O4/c1-18-15(19-2)9-8-12(13(16)10-15)14(17)11-6-4-3-5-7-11/h3-9,17H,10H2,1-2H3. The molecule has 0 amide bonds. The van der Waals surface area contributed by atoms with Crippen molar-refractivity contribution >= 4 is 11.5 Å². The summed E-state index contributed by atoms with van der Waals surface area (Å²) in [5.41, 5.74) is 0.883. The number of ether oxygens (including phenoxy) is 2. The molecule has 0 heterocycles. The van der Waals surface area contributed by atoms with Gasteiger partial charge in [-0.2, -0.15) is 0 Å². The van der Waals surface area contributed by atoms with Gasteiger partial charge in [-0.05, 0) is 12.2 Å². The number of aliphatic hydroxyl groups is 1. The van der Waals surface area contributed by atoms with Crippen LogP contribution in [0.1, 0.15) is 12.0 Å². The van der Waals surface area contributed by atoms with Gasteiger partial charge in [0, 0.05) is 19.8 Å². The van der Waals surface area contributed by atoms with Gasteiger partial charge in [0.05, 0.1) is 12.0 Å². The normalized spacial score (nSPS) is 20.4. The van der Waals surface area contributed by atoms with Crippen LogP contribution in [0.2, 0.25) is 0 Å². The number of benzene rings is 1. The van der Waals surface area contributed by atoms with Gasteiger partial charge in [-0.3, -0.25) is 4.79 Å². The summed E-state index contributed by atoms with van der Waals surface area (Å²) in [5, 5.41) is 10.2. The molecule has 1 aromatic rings. The maximum absolute atomic E-state index is 12.1. The number of allylic oxidation sites excluding steroid dienone is 2. The second kappa shape index (κ2) is 5.38. The number of ketones is 1. The van der Waals surface area contributed by atoms with Crippen LogP contribution >= 0.6 is 0 Å². The SMILES string of the molecule is COC1(OC)C=CC(=C(O)c2ccccc2)C(=O)C1. The molecule has 0 radical (unpaired) electrons. The number of aliphatic hydroxyl groups excluding tert-OH is 1. The first-order valence-electron chi connectivity index (χ1n) is 5.93. The van der Waals surface area contributed by atoms with E-state index in [0.29, 0.717) is 5.56 Å². The Morgan fingerprint density at radius 1 is 1.21 bits per heavy atom. The average Bonchev–Trinajstić information content (AvgIpc) is 2.47. The molecule has 100 valence electrons. The molecule has 0 unspecified atom stereocenters. The zero-order chi connectivity index (χ0) is 13.9. The molecule has 4 heteroatoms. The van der Waals surface area contributed by atoms with Crippen molar-refractivity contribution in [3.8, 4) is 0 Å². The first-order chi connectivity index (χ1) is 9.12. The monoisotopic (exact) mass is 260 g/mol. The zero-order valence-electron chi connectivity index (χ0n) is 10.9. The highest BCUT2D eigenvalue weighted by atomic mass is 16.7. The Bertz CT molecular complexity index is 524. The number of rotatable bonds is 3. The van der Waals surface area contributed by atoms with E-state index in [1.54, 1.807) is 36.4 Å². The summed E-state index contributed by atoms with van der Waals surface area (Å²) in [5.74, 6) is -1.27. The first-order valence-corrected chi connectivity index (χ1v) is 5.93. The predicted molar refractivity (Wildman–Crippen MR) is 71.5 cm³/mol. The summed E-state index contributed by atoms with van der Waals surface area (Å²) >= 11 is 0. The fourth-order valence-corrected chi connectivity index (χ4v) is 2.01. The van der Waals surface area contributed by atoms with E-state index in [9.17, 15) is 9.90 Å². The molecule has 0 saturated heterocycles. The van der Waals surface area contributed by atoms with Crippen LogP contribution in [0.15, 0.2) is 48.1 Å². The van der Waals surface area contributed by atoms with Gasteiger partial charge < -0.3 is 14.6 Å². The van der Waals surface area contributed by atoms with Crippen LogP contribution in [0, 0.1) is 0 Å². The van der Waals surface area contributed by atoms with Gasteiger partial charge in [-0.1, -0.05) is 30.3 Å². The Hall–Kier alpha value is -1.91. The summed E-state index contributed by atoms with van der Waals surface area (Å²) in [6.45, 7) is 0. The zero-order valence-corrected chi connectivity index (χ0v) is 10.9. The molecule has 0 saturated carbocycles. The van der Waals surface area contributed by atoms with Crippen LogP contribution in [0.3, 0.4) is 0 Å². The molecule has 0 spiro atoms. The predicted octanol–water partition coefficient (Wildman–Crippen LogP) is 2.47. The van der Waals surface area contributed by atoms with Crippen molar-refractivity contribution in [2.24, 2.45) is 0 Å². The van der Waals surface area contributed by atoms with Gasteiger partial charge in [-0.15, -0.1) is 0 Å². The lowest BCUT2D eigenvalue weighted by Gasteiger charge is -2.30. The average molecular weight is 260 g/mol.